The molecule has 0 unspecified atom stereocenters. The maximum atomic E-state index is 12.0. The summed E-state index contributed by atoms with van der Waals surface area (Å²) in [5, 5.41) is 9.45. The van der Waals surface area contributed by atoms with E-state index < -0.39 is 11.8 Å². The van der Waals surface area contributed by atoms with Crippen LogP contribution in [0.25, 0.3) is 11.0 Å². The van der Waals surface area contributed by atoms with Gasteiger partial charge in [-0.3, -0.25) is 14.3 Å². The van der Waals surface area contributed by atoms with Crippen LogP contribution in [-0.4, -0.2) is 36.9 Å². The van der Waals surface area contributed by atoms with E-state index in [0.717, 1.165) is 23.1 Å². The van der Waals surface area contributed by atoms with Crippen LogP contribution in [0, 0.1) is 13.8 Å². The van der Waals surface area contributed by atoms with Crippen LogP contribution in [0.4, 0.5) is 5.69 Å². The molecule has 124 valence electrons. The fourth-order valence-corrected chi connectivity index (χ4v) is 2.89. The summed E-state index contributed by atoms with van der Waals surface area (Å²) in [5.41, 5.74) is 3.66. The molecule has 0 spiro atoms. The van der Waals surface area contributed by atoms with Crippen LogP contribution in [0.5, 0.6) is 0 Å². The van der Waals surface area contributed by atoms with E-state index in [1.165, 1.54) is 0 Å². The number of carbonyl (C=O) groups excluding carboxylic acids is 2. The number of anilines is 1. The van der Waals surface area contributed by atoms with E-state index >= 15 is 0 Å². The monoisotopic (exact) mass is 344 g/mol. The third kappa shape index (κ3) is 3.40. The first-order valence-corrected chi connectivity index (χ1v) is 8.09. The van der Waals surface area contributed by atoms with Gasteiger partial charge in [-0.25, -0.2) is 0 Å². The molecule has 0 aliphatic heterocycles. The Morgan fingerprint density at radius 2 is 2.04 bits per heavy atom. The van der Waals surface area contributed by atoms with Crippen molar-refractivity contribution < 1.29 is 9.59 Å². The van der Waals surface area contributed by atoms with Gasteiger partial charge in [-0.05, 0) is 32.0 Å². The van der Waals surface area contributed by atoms with Crippen LogP contribution >= 0.6 is 11.7 Å². The van der Waals surface area contributed by atoms with E-state index in [0.29, 0.717) is 29.8 Å². The average Bonchev–Trinajstić information content (AvgIpc) is 3.14. The highest BCUT2D eigenvalue weighted by atomic mass is 32.1. The number of amides is 2. The summed E-state index contributed by atoms with van der Waals surface area (Å²) in [5.74, 6) is -1.43. The molecule has 0 bridgehead atoms. The molecule has 2 aromatic heterocycles. The minimum absolute atomic E-state index is 0.316. The zero-order chi connectivity index (χ0) is 17.1. The summed E-state index contributed by atoms with van der Waals surface area (Å²) in [6, 6.07) is 7.19. The fraction of sp³-hybridized carbons (Fsp3) is 0.267. The van der Waals surface area contributed by atoms with Gasteiger partial charge in [-0.15, -0.1) is 0 Å². The van der Waals surface area contributed by atoms with Crippen molar-refractivity contribution in [3.63, 3.8) is 0 Å². The molecule has 2 amide bonds. The molecule has 0 saturated heterocycles. The van der Waals surface area contributed by atoms with Crippen molar-refractivity contribution >= 4 is 40.3 Å². The Labute approximate surface area is 142 Å². The van der Waals surface area contributed by atoms with Gasteiger partial charge in [0.25, 0.3) is 0 Å². The zero-order valence-electron chi connectivity index (χ0n) is 13.2. The Balaban J connectivity index is 1.56. The van der Waals surface area contributed by atoms with Crippen LogP contribution < -0.4 is 10.6 Å². The van der Waals surface area contributed by atoms with Gasteiger partial charge in [0, 0.05) is 12.2 Å². The summed E-state index contributed by atoms with van der Waals surface area (Å²) in [6.07, 6.45) is 0. The average molecular weight is 344 g/mol. The molecule has 0 atom stereocenters. The first-order chi connectivity index (χ1) is 11.5. The molecule has 8 nitrogen and oxygen atoms in total. The van der Waals surface area contributed by atoms with E-state index in [2.05, 4.69) is 24.5 Å². The topological polar surface area (TPSA) is 102 Å². The van der Waals surface area contributed by atoms with E-state index in [4.69, 9.17) is 0 Å². The van der Waals surface area contributed by atoms with Crippen molar-refractivity contribution in [1.29, 1.82) is 0 Å². The molecule has 3 rings (SSSR count). The number of hydrogen-bond donors (Lipinski definition) is 2. The van der Waals surface area contributed by atoms with Crippen molar-refractivity contribution in [2.24, 2.45) is 0 Å². The highest BCUT2D eigenvalue weighted by Gasteiger charge is 2.15. The van der Waals surface area contributed by atoms with Crippen LogP contribution in [0.15, 0.2) is 24.3 Å². The second kappa shape index (κ2) is 6.75. The largest absolute Gasteiger partial charge is 0.346 e. The molecule has 2 heterocycles. The fourth-order valence-electron chi connectivity index (χ4n) is 2.34. The van der Waals surface area contributed by atoms with Gasteiger partial charge in [0.2, 0.25) is 0 Å². The predicted octanol–water partition coefficient (Wildman–Crippen LogP) is 1.26. The molecule has 1 aromatic carbocycles. The van der Waals surface area contributed by atoms with Crippen molar-refractivity contribution in [3.05, 3.63) is 35.7 Å². The summed E-state index contributed by atoms with van der Waals surface area (Å²) in [6.45, 7) is 4.67. The Morgan fingerprint density at radius 1 is 1.21 bits per heavy atom. The second-order valence-electron chi connectivity index (χ2n) is 5.30. The van der Waals surface area contributed by atoms with Crippen LogP contribution in [0.3, 0.4) is 0 Å². The van der Waals surface area contributed by atoms with Gasteiger partial charge in [0.05, 0.1) is 29.7 Å². The van der Waals surface area contributed by atoms with Gasteiger partial charge < -0.3 is 10.6 Å². The molecule has 0 radical (unpaired) electrons. The normalized spacial score (nSPS) is 10.8. The van der Waals surface area contributed by atoms with Crippen molar-refractivity contribution in [2.75, 3.05) is 11.9 Å². The van der Waals surface area contributed by atoms with Crippen LogP contribution in [0.1, 0.15) is 11.4 Å². The third-order valence-electron chi connectivity index (χ3n) is 3.45. The van der Waals surface area contributed by atoms with Gasteiger partial charge in [-0.1, -0.05) is 6.07 Å². The summed E-state index contributed by atoms with van der Waals surface area (Å²) in [7, 11) is 0. The first-order valence-electron chi connectivity index (χ1n) is 7.36. The highest BCUT2D eigenvalue weighted by molar-refractivity contribution is 7.00. The van der Waals surface area contributed by atoms with Crippen molar-refractivity contribution in [1.82, 2.24) is 23.8 Å². The zero-order valence-corrected chi connectivity index (χ0v) is 14.1. The number of benzene rings is 1. The minimum atomic E-state index is -0.733. The van der Waals surface area contributed by atoms with Gasteiger partial charge in [0.15, 0.2) is 0 Å². The predicted molar refractivity (Wildman–Crippen MR) is 90.8 cm³/mol. The lowest BCUT2D eigenvalue weighted by Gasteiger charge is -2.08. The number of hydrogen-bond acceptors (Lipinski definition) is 6. The highest BCUT2D eigenvalue weighted by Crippen LogP contribution is 2.20. The Hall–Kier alpha value is -2.81. The number of fused-ring (bicyclic) bond motifs is 1. The molecular formula is C15H16N6O2S. The standard InChI is InChI=1S/C15H16N6O2S/c1-9-8-10(2)21(18-9)7-6-16-14(22)15(23)17-11-4-3-5-12-13(11)20-24-19-12/h3-5,8H,6-7H2,1-2H3,(H,16,22)(H,17,23). The Kier molecular flexibility index (Phi) is 4.52. The molecule has 0 aliphatic carbocycles. The molecule has 0 saturated carbocycles. The number of nitrogens with zero attached hydrogens (tertiary/aromatic N) is 4. The molecule has 24 heavy (non-hydrogen) atoms. The lowest BCUT2D eigenvalue weighted by Crippen LogP contribution is -2.37. The second-order valence-corrected chi connectivity index (χ2v) is 5.83. The summed E-state index contributed by atoms with van der Waals surface area (Å²) >= 11 is 1.06. The number of aryl methyl sites for hydroxylation is 2. The summed E-state index contributed by atoms with van der Waals surface area (Å²) < 4.78 is 10.00. The molecule has 0 aliphatic rings. The molecular weight excluding hydrogens is 328 g/mol. The lowest BCUT2D eigenvalue weighted by molar-refractivity contribution is -0.136. The molecule has 3 aromatic rings. The maximum absolute atomic E-state index is 12.0. The van der Waals surface area contributed by atoms with E-state index in [1.54, 1.807) is 22.9 Å². The quantitative estimate of drug-likeness (QED) is 0.694. The lowest BCUT2D eigenvalue weighted by atomic mass is 10.2. The minimum Gasteiger partial charge on any atom is -0.346 e. The first kappa shape index (κ1) is 16.1. The summed E-state index contributed by atoms with van der Waals surface area (Å²) in [4.78, 5) is 23.9. The van der Waals surface area contributed by atoms with Crippen molar-refractivity contribution in [3.8, 4) is 0 Å². The Morgan fingerprint density at radius 3 is 2.79 bits per heavy atom. The maximum Gasteiger partial charge on any atom is 0.313 e. The number of aromatic nitrogens is 4. The van der Waals surface area contributed by atoms with Gasteiger partial charge in [0.1, 0.15) is 11.0 Å². The van der Waals surface area contributed by atoms with Gasteiger partial charge >= 0.3 is 11.8 Å². The van der Waals surface area contributed by atoms with Gasteiger partial charge in [-0.2, -0.15) is 13.8 Å². The Bertz CT molecular complexity index is 900. The molecule has 0 fully saturated rings. The third-order valence-corrected chi connectivity index (χ3v) is 4.00. The SMILES string of the molecule is Cc1cc(C)n(CCNC(=O)C(=O)Nc2cccc3nsnc23)n1. The van der Waals surface area contributed by atoms with Crippen molar-refractivity contribution in [2.45, 2.75) is 20.4 Å². The van der Waals surface area contributed by atoms with E-state index in [-0.39, 0.29) is 0 Å². The molecule has 9 heteroatoms. The van der Waals surface area contributed by atoms with E-state index in [9.17, 15) is 9.59 Å². The number of carbonyl (C=O) groups is 2. The van der Waals surface area contributed by atoms with E-state index in [1.807, 2.05) is 19.9 Å². The smallest absolute Gasteiger partial charge is 0.313 e. The molecule has 2 N–H and O–H groups in total. The number of nitrogens with one attached hydrogen (secondary N) is 2. The number of rotatable bonds is 4. The van der Waals surface area contributed by atoms with Crippen LogP contribution in [0.2, 0.25) is 0 Å². The van der Waals surface area contributed by atoms with Crippen LogP contribution in [-0.2, 0) is 16.1 Å².